The molecule has 16 aromatic rings. The lowest BCUT2D eigenvalue weighted by Gasteiger charge is -2.46. The van der Waals surface area contributed by atoms with E-state index in [0.717, 1.165) is 106 Å². The minimum atomic E-state index is -0.691. The maximum absolute atomic E-state index is 9.77. The molecule has 0 N–H and O–H groups in total. The first-order chi connectivity index (χ1) is 52.9. The second kappa shape index (κ2) is 22.7. The van der Waals surface area contributed by atoms with Crippen molar-refractivity contribution in [3.05, 3.63) is 354 Å². The number of anilines is 6. The van der Waals surface area contributed by atoms with Crippen molar-refractivity contribution < 1.29 is 11.0 Å². The van der Waals surface area contributed by atoms with Gasteiger partial charge in [0.15, 0.2) is 0 Å². The fourth-order valence-electron chi connectivity index (χ4n) is 17.2. The molecule has 102 heavy (non-hydrogen) atoms. The second-order valence-corrected chi connectivity index (χ2v) is 31.0. The third-order valence-corrected chi connectivity index (χ3v) is 22.1. The van der Waals surface area contributed by atoms with Crippen LogP contribution in [0.15, 0.2) is 315 Å². The predicted octanol–water partition coefficient (Wildman–Crippen LogP) is 23.6. The summed E-state index contributed by atoms with van der Waals surface area (Å²) in [6, 6.07) is 94.7. The monoisotopic (exact) mass is 1320 g/mol. The summed E-state index contributed by atoms with van der Waals surface area (Å²) in [6.45, 7) is 20.0. The van der Waals surface area contributed by atoms with Crippen LogP contribution in [0, 0.1) is 0 Å². The van der Waals surface area contributed by atoms with Crippen molar-refractivity contribution in [2.45, 2.75) is 84.0 Å². The van der Waals surface area contributed by atoms with E-state index in [1.54, 1.807) is 4.57 Å². The van der Waals surface area contributed by atoms with Crippen LogP contribution in [0.25, 0.3) is 88.4 Å². The predicted molar refractivity (Wildman–Crippen MR) is 433 cm³/mol. The SMILES string of the molecule is [2H]c1c([2H])c([2H])c2c(c1[2H])c1c([2H])c([2H])c([2H])c([2H])c1n2-c1ccc2c(c1)N(c1ccc(C(C)(C)C)cc1-c1ccccc1)c1cc(C(C)(C)C)cc3c1B2c1ccc(-n2c4ccccc4c4c5c(ccc42)-c2ccccc2C5(c2ccccc2)c2ccccc2)cc1N3c1ccc(C(C)(C)C)cc1-c1ccccc1. The van der Waals surface area contributed by atoms with Crippen molar-refractivity contribution in [1.29, 1.82) is 0 Å². The van der Waals surface area contributed by atoms with Crippen LogP contribution >= 0.6 is 0 Å². The first kappa shape index (κ1) is 53.3. The first-order valence-corrected chi connectivity index (χ1v) is 35.6. The number of rotatable bonds is 8. The Kier molecular flexibility index (Phi) is 11.8. The van der Waals surface area contributed by atoms with Gasteiger partial charge in [-0.1, -0.05) is 293 Å². The molecule has 0 unspecified atom stereocenters. The standard InChI is InChI=1S/C97H79BN4/c1-94(2,3)66-46-53-84(76(56-66)62-30-14-10-15-31-62)101-87-60-69(99-81-43-27-23-39-72(81)73-40-24-28-44-82(73)99)48-51-79(87)98-80-52-49-70(61-88(80)102(90-59-68(96(7,8)9)58-89(101)93(90)98)85-54-47-67(95(4,5)6)57-77(85)63-32-16-11-17-33-63)100-83-45-29-25-41-75(83)91-86(100)55-50-74-71-38-22-26-42-78(71)97(92(74)91,64-34-18-12-19-35-64)65-36-20-13-21-37-65/h10-61H,1-9H3/i23D,24D,27D,28D,39D,40D,43D,44D. The summed E-state index contributed by atoms with van der Waals surface area (Å²) in [5.74, 6) is 0. The highest BCUT2D eigenvalue weighted by Gasteiger charge is 2.49. The summed E-state index contributed by atoms with van der Waals surface area (Å²) in [6.07, 6.45) is 0. The van der Waals surface area contributed by atoms with Crippen LogP contribution < -0.4 is 26.2 Å². The first-order valence-electron chi connectivity index (χ1n) is 39.6. The lowest BCUT2D eigenvalue weighted by atomic mass is 9.33. The Labute approximate surface area is 610 Å². The molecule has 19 rings (SSSR count). The number of hydrogen-bond acceptors (Lipinski definition) is 2. The number of para-hydroxylation sites is 3. The van der Waals surface area contributed by atoms with Gasteiger partial charge in [-0.05, 0) is 179 Å². The van der Waals surface area contributed by atoms with Crippen molar-refractivity contribution in [3.63, 3.8) is 0 Å². The molecule has 1 aliphatic carbocycles. The number of aromatic nitrogens is 2. The van der Waals surface area contributed by atoms with Crippen molar-refractivity contribution in [2.24, 2.45) is 0 Å². The average molecular weight is 1320 g/mol. The normalized spacial score (nSPS) is 14.9. The maximum Gasteiger partial charge on any atom is 0.252 e. The molecule has 3 aliphatic rings. The molecule has 0 saturated carbocycles. The number of hydrogen-bond donors (Lipinski definition) is 0. The van der Waals surface area contributed by atoms with Gasteiger partial charge >= 0.3 is 0 Å². The maximum atomic E-state index is 9.77. The molecule has 5 heteroatoms. The van der Waals surface area contributed by atoms with Gasteiger partial charge in [0.2, 0.25) is 0 Å². The van der Waals surface area contributed by atoms with Gasteiger partial charge in [-0.15, -0.1) is 0 Å². The number of nitrogens with zero attached hydrogens (tertiary/aromatic N) is 4. The molecule has 490 valence electrons. The highest BCUT2D eigenvalue weighted by molar-refractivity contribution is 7.00. The molecule has 2 aliphatic heterocycles. The zero-order valence-electron chi connectivity index (χ0n) is 66.8. The molecule has 4 nitrogen and oxygen atoms in total. The molecule has 2 aromatic heterocycles. The zero-order valence-corrected chi connectivity index (χ0v) is 58.8. The van der Waals surface area contributed by atoms with Crippen LogP contribution in [0.2, 0.25) is 0 Å². The van der Waals surface area contributed by atoms with E-state index in [9.17, 15) is 8.22 Å². The third-order valence-electron chi connectivity index (χ3n) is 22.1. The Balaban J connectivity index is 0.958. The minimum Gasteiger partial charge on any atom is -0.311 e. The van der Waals surface area contributed by atoms with Crippen LogP contribution in [-0.2, 0) is 21.7 Å². The van der Waals surface area contributed by atoms with E-state index in [4.69, 9.17) is 2.74 Å². The molecular weight excluding hydrogens is 1230 g/mol. The second-order valence-electron chi connectivity index (χ2n) is 31.0. The van der Waals surface area contributed by atoms with Gasteiger partial charge in [-0.3, -0.25) is 0 Å². The number of benzene rings is 14. The molecule has 0 fully saturated rings. The van der Waals surface area contributed by atoms with E-state index in [2.05, 4.69) is 331 Å². The van der Waals surface area contributed by atoms with E-state index < -0.39 is 41.7 Å². The highest BCUT2D eigenvalue weighted by atomic mass is 15.2. The Hall–Kier alpha value is -11.7. The third kappa shape index (κ3) is 9.15. The molecule has 14 aromatic carbocycles. The summed E-state index contributed by atoms with van der Waals surface area (Å²) >= 11 is 0. The molecule has 0 spiro atoms. The van der Waals surface area contributed by atoms with Crippen LogP contribution in [0.1, 0.15) is 112 Å². The topological polar surface area (TPSA) is 16.3 Å². The lowest BCUT2D eigenvalue weighted by Crippen LogP contribution is -2.61. The molecule has 0 atom stereocenters. The van der Waals surface area contributed by atoms with Crippen molar-refractivity contribution in [2.75, 3.05) is 9.80 Å². The summed E-state index contributed by atoms with van der Waals surface area (Å²) < 4.78 is 79.2. The minimum absolute atomic E-state index is 0.0217. The smallest absolute Gasteiger partial charge is 0.252 e. The van der Waals surface area contributed by atoms with Gasteiger partial charge < -0.3 is 18.9 Å². The van der Waals surface area contributed by atoms with Gasteiger partial charge in [0, 0.05) is 66.8 Å². The van der Waals surface area contributed by atoms with Crippen LogP contribution in [0.3, 0.4) is 0 Å². The highest BCUT2D eigenvalue weighted by Crippen LogP contribution is 2.60. The van der Waals surface area contributed by atoms with E-state index in [1.807, 2.05) is 12.1 Å². The summed E-state index contributed by atoms with van der Waals surface area (Å²) in [7, 11) is 0. The summed E-state index contributed by atoms with van der Waals surface area (Å²) in [4.78, 5) is 4.97. The summed E-state index contributed by atoms with van der Waals surface area (Å²) in [5, 5.41) is 2.37. The van der Waals surface area contributed by atoms with Gasteiger partial charge in [-0.25, -0.2) is 0 Å². The van der Waals surface area contributed by atoms with Gasteiger partial charge in [-0.2, -0.15) is 0 Å². The molecule has 4 heterocycles. The molecular formula is C97H79BN4. The molecule has 0 saturated heterocycles. The van der Waals surface area contributed by atoms with E-state index in [1.165, 1.54) is 44.3 Å². The van der Waals surface area contributed by atoms with E-state index in [0.29, 0.717) is 5.69 Å². The van der Waals surface area contributed by atoms with Crippen molar-refractivity contribution >= 4 is 101 Å². The Morgan fingerprint density at radius 2 is 0.775 bits per heavy atom. The zero-order chi connectivity index (χ0) is 76.1. The Morgan fingerprint density at radius 1 is 0.324 bits per heavy atom. The average Bonchev–Trinajstić information content (AvgIpc) is 1.12. The van der Waals surface area contributed by atoms with E-state index in [-0.39, 0.29) is 56.8 Å². The van der Waals surface area contributed by atoms with Crippen molar-refractivity contribution in [1.82, 2.24) is 9.13 Å². The Morgan fingerprint density at radius 3 is 1.28 bits per heavy atom. The molecule has 0 bridgehead atoms. The van der Waals surface area contributed by atoms with Crippen LogP contribution in [0.5, 0.6) is 0 Å². The van der Waals surface area contributed by atoms with Crippen LogP contribution in [0.4, 0.5) is 34.1 Å². The largest absolute Gasteiger partial charge is 0.311 e. The van der Waals surface area contributed by atoms with Crippen LogP contribution in [-0.4, -0.2) is 15.8 Å². The Bertz CT molecular complexity index is 6470. The van der Waals surface area contributed by atoms with Gasteiger partial charge in [0.1, 0.15) is 0 Å². The van der Waals surface area contributed by atoms with Crippen molar-refractivity contribution in [3.8, 4) is 44.8 Å². The number of fused-ring (bicyclic) bond motifs is 14. The quantitative estimate of drug-likeness (QED) is 0.141. The molecule has 0 radical (unpaired) electrons. The van der Waals surface area contributed by atoms with Gasteiger partial charge in [0.05, 0.1) is 49.8 Å². The molecule has 0 amide bonds. The van der Waals surface area contributed by atoms with E-state index >= 15 is 0 Å². The van der Waals surface area contributed by atoms with Gasteiger partial charge in [0.25, 0.3) is 6.71 Å². The summed E-state index contributed by atoms with van der Waals surface area (Å²) in [5.41, 5.74) is 25.7. The lowest BCUT2D eigenvalue weighted by molar-refractivity contribution is 0.590. The fraction of sp³-hybridized carbons (Fsp3) is 0.134. The fourth-order valence-corrected chi connectivity index (χ4v) is 17.2.